The molecule has 13 heteroatoms. The Bertz CT molecular complexity index is 1200. The van der Waals surface area contributed by atoms with Gasteiger partial charge in [-0.15, -0.1) is 5.10 Å². The van der Waals surface area contributed by atoms with Crippen molar-refractivity contribution < 1.29 is 27.5 Å². The molecule has 3 aromatic rings. The molecule has 1 N–H and O–H groups in total. The topological polar surface area (TPSA) is 116 Å². The normalized spacial score (nSPS) is 11.4. The number of rotatable bonds is 6. The number of amides is 1. The van der Waals surface area contributed by atoms with E-state index in [0.717, 1.165) is 4.68 Å². The highest BCUT2D eigenvalue weighted by Crippen LogP contribution is 2.32. The number of carbonyl (C=O) groups excluding carboxylic acids is 2. The van der Waals surface area contributed by atoms with Crippen molar-refractivity contribution in [2.75, 3.05) is 11.9 Å². The van der Waals surface area contributed by atoms with Crippen LogP contribution in [0, 0.1) is 0 Å². The van der Waals surface area contributed by atoms with E-state index in [0.29, 0.717) is 23.2 Å². The summed E-state index contributed by atoms with van der Waals surface area (Å²) in [5, 5.41) is 9.66. The largest absolute Gasteiger partial charge is 0.456 e. The number of fused-ring (bicyclic) bond motifs is 1. The van der Waals surface area contributed by atoms with Gasteiger partial charge >= 0.3 is 12.1 Å². The van der Waals surface area contributed by atoms with Crippen LogP contribution in [-0.2, 0) is 27.0 Å². The molecule has 0 unspecified atom stereocenters. The number of halogens is 4. The first-order chi connectivity index (χ1) is 14.6. The monoisotopic (exact) mass is 455 g/mol. The van der Waals surface area contributed by atoms with E-state index in [4.69, 9.17) is 16.3 Å². The van der Waals surface area contributed by atoms with Crippen molar-refractivity contribution in [2.45, 2.75) is 19.1 Å². The van der Waals surface area contributed by atoms with E-state index in [1.165, 1.54) is 0 Å². The fourth-order valence-electron chi connectivity index (χ4n) is 2.44. The lowest BCUT2D eigenvalue weighted by Crippen LogP contribution is -2.27. The van der Waals surface area contributed by atoms with Crippen LogP contribution in [0.15, 0.2) is 41.3 Å². The first kappa shape index (κ1) is 22.2. The molecular weight excluding hydrogens is 443 g/mol. The zero-order valence-electron chi connectivity index (χ0n) is 15.5. The summed E-state index contributed by atoms with van der Waals surface area (Å²) in [7, 11) is 0. The van der Waals surface area contributed by atoms with Crippen LogP contribution in [0.4, 0.5) is 19.0 Å². The second-order valence-electron chi connectivity index (χ2n) is 6.15. The number of hydrogen-bond acceptors (Lipinski definition) is 7. The van der Waals surface area contributed by atoms with Crippen LogP contribution in [0.25, 0.3) is 10.9 Å². The van der Waals surface area contributed by atoms with Gasteiger partial charge in [0.1, 0.15) is 5.52 Å². The van der Waals surface area contributed by atoms with Gasteiger partial charge in [-0.3, -0.25) is 14.4 Å². The number of nitrogens with zero attached hydrogens (tertiary/aromatic N) is 4. The Labute approximate surface area is 176 Å². The van der Waals surface area contributed by atoms with E-state index in [9.17, 15) is 27.6 Å². The van der Waals surface area contributed by atoms with Gasteiger partial charge < -0.3 is 10.1 Å². The molecule has 0 radical (unpaired) electrons. The highest BCUT2D eigenvalue weighted by molar-refractivity contribution is 6.33. The van der Waals surface area contributed by atoms with E-state index < -0.39 is 40.8 Å². The number of aromatic nitrogens is 4. The summed E-state index contributed by atoms with van der Waals surface area (Å²) < 4.78 is 43.6. The number of ether oxygens (including phenoxy) is 1. The van der Waals surface area contributed by atoms with Gasteiger partial charge in [0.05, 0.1) is 28.9 Å². The van der Waals surface area contributed by atoms with Crippen molar-refractivity contribution in [1.29, 1.82) is 0 Å². The summed E-state index contributed by atoms with van der Waals surface area (Å²) in [4.78, 5) is 39.4. The van der Waals surface area contributed by atoms with Crippen LogP contribution in [0.1, 0.15) is 12.0 Å². The third-order valence-corrected chi connectivity index (χ3v) is 4.24. The van der Waals surface area contributed by atoms with Crippen molar-refractivity contribution in [2.24, 2.45) is 0 Å². The van der Waals surface area contributed by atoms with E-state index in [1.54, 1.807) is 24.3 Å². The van der Waals surface area contributed by atoms with Crippen molar-refractivity contribution in [3.8, 4) is 0 Å². The second kappa shape index (κ2) is 9.08. The number of nitrogens with one attached hydrogen (secondary N) is 1. The lowest BCUT2D eigenvalue weighted by molar-refractivity contribution is -0.147. The van der Waals surface area contributed by atoms with Gasteiger partial charge in [-0.05, 0) is 18.2 Å². The molecule has 0 aliphatic carbocycles. The summed E-state index contributed by atoms with van der Waals surface area (Å²) in [6, 6.07) is 7.18. The van der Waals surface area contributed by atoms with E-state index in [2.05, 4.69) is 20.6 Å². The molecule has 9 nitrogen and oxygen atoms in total. The third-order valence-electron chi connectivity index (χ3n) is 3.95. The number of esters is 1. The van der Waals surface area contributed by atoms with Gasteiger partial charge in [-0.1, -0.05) is 28.9 Å². The minimum atomic E-state index is -4.63. The Morgan fingerprint density at radius 1 is 1.23 bits per heavy atom. The second-order valence-corrected chi connectivity index (χ2v) is 6.55. The molecule has 0 bridgehead atoms. The number of aryl methyl sites for hydroxylation is 1. The van der Waals surface area contributed by atoms with Gasteiger partial charge in [-0.25, -0.2) is 9.67 Å². The molecule has 0 saturated carbocycles. The molecular formula is C18H13ClF3N5O4. The van der Waals surface area contributed by atoms with Crippen LogP contribution in [0.3, 0.4) is 0 Å². The number of carbonyl (C=O) groups is 2. The van der Waals surface area contributed by atoms with E-state index >= 15 is 0 Å². The summed E-state index contributed by atoms with van der Waals surface area (Å²) in [6.07, 6.45) is -4.39. The molecule has 1 amide bonds. The van der Waals surface area contributed by atoms with Crippen molar-refractivity contribution in [3.05, 3.63) is 57.5 Å². The molecule has 31 heavy (non-hydrogen) atoms. The van der Waals surface area contributed by atoms with Gasteiger partial charge in [0.15, 0.2) is 12.4 Å². The predicted molar refractivity (Wildman–Crippen MR) is 102 cm³/mol. The molecule has 0 saturated heterocycles. The standard InChI is InChI=1S/C18H13ClF3N5O4/c19-12-7-10(18(20,21)22)8-23-16(12)24-14(28)9-31-15(29)5-6-27-17(30)11-3-1-2-4-13(11)25-26-27/h1-4,7-8H,5-6,9H2,(H,23,24,28). The minimum absolute atomic E-state index is 0.122. The van der Waals surface area contributed by atoms with Gasteiger partial charge in [0.25, 0.3) is 11.5 Å². The van der Waals surface area contributed by atoms with E-state index in [1.807, 2.05) is 0 Å². The quantitative estimate of drug-likeness (QED) is 0.567. The maximum absolute atomic E-state index is 12.6. The molecule has 0 aliphatic heterocycles. The molecule has 2 aromatic heterocycles. The summed E-state index contributed by atoms with van der Waals surface area (Å²) in [5.74, 6) is -1.97. The molecule has 0 spiro atoms. The van der Waals surface area contributed by atoms with Crippen molar-refractivity contribution >= 4 is 40.2 Å². The summed E-state index contributed by atoms with van der Waals surface area (Å²) >= 11 is 5.69. The minimum Gasteiger partial charge on any atom is -0.456 e. The van der Waals surface area contributed by atoms with Gasteiger partial charge in [-0.2, -0.15) is 13.2 Å². The fourth-order valence-corrected chi connectivity index (χ4v) is 2.65. The Morgan fingerprint density at radius 3 is 2.68 bits per heavy atom. The number of pyridine rings is 1. The summed E-state index contributed by atoms with van der Waals surface area (Å²) in [5.41, 5.74) is -1.09. The first-order valence-electron chi connectivity index (χ1n) is 8.66. The van der Waals surface area contributed by atoms with Crippen LogP contribution >= 0.6 is 11.6 Å². The molecule has 0 aliphatic rings. The fraction of sp³-hybridized carbons (Fsp3) is 0.222. The lowest BCUT2D eigenvalue weighted by atomic mass is 10.2. The van der Waals surface area contributed by atoms with Crippen molar-refractivity contribution in [1.82, 2.24) is 20.0 Å². The average Bonchev–Trinajstić information content (AvgIpc) is 2.72. The third kappa shape index (κ3) is 5.54. The van der Waals surface area contributed by atoms with E-state index in [-0.39, 0.29) is 18.8 Å². The smallest absolute Gasteiger partial charge is 0.417 e. The highest BCUT2D eigenvalue weighted by Gasteiger charge is 2.31. The van der Waals surface area contributed by atoms with Crippen LogP contribution < -0.4 is 10.9 Å². The van der Waals surface area contributed by atoms with Crippen molar-refractivity contribution in [3.63, 3.8) is 0 Å². The molecule has 1 aromatic carbocycles. The molecule has 162 valence electrons. The molecule has 3 rings (SSSR count). The summed E-state index contributed by atoms with van der Waals surface area (Å²) in [6.45, 7) is -0.848. The number of alkyl halides is 3. The predicted octanol–water partition coefficient (Wildman–Crippen LogP) is 2.43. The van der Waals surface area contributed by atoms with Crippen LogP contribution in [0.5, 0.6) is 0 Å². The number of anilines is 1. The Balaban J connectivity index is 1.51. The number of benzene rings is 1. The highest BCUT2D eigenvalue weighted by atomic mass is 35.5. The van der Waals surface area contributed by atoms with Gasteiger partial charge in [0.2, 0.25) is 0 Å². The number of hydrogen-bond donors (Lipinski definition) is 1. The van der Waals surface area contributed by atoms with Gasteiger partial charge in [0, 0.05) is 6.20 Å². The zero-order valence-corrected chi connectivity index (χ0v) is 16.3. The molecule has 2 heterocycles. The lowest BCUT2D eigenvalue weighted by Gasteiger charge is -2.10. The first-order valence-corrected chi connectivity index (χ1v) is 9.03. The van der Waals surface area contributed by atoms with Crippen LogP contribution in [0.2, 0.25) is 5.02 Å². The Morgan fingerprint density at radius 2 is 1.97 bits per heavy atom. The zero-order chi connectivity index (χ0) is 22.6. The maximum atomic E-state index is 12.6. The SMILES string of the molecule is O=C(COC(=O)CCn1nnc2ccccc2c1=O)Nc1ncc(C(F)(F)F)cc1Cl. The maximum Gasteiger partial charge on any atom is 0.417 e. The van der Waals surface area contributed by atoms with Crippen LogP contribution in [-0.4, -0.2) is 38.5 Å². The Kier molecular flexibility index (Phi) is 6.49. The Hall–Kier alpha value is -3.54. The average molecular weight is 456 g/mol. The molecule has 0 atom stereocenters. The molecule has 0 fully saturated rings.